The Bertz CT molecular complexity index is 1460. The Morgan fingerprint density at radius 2 is 1.85 bits per heavy atom. The number of nitrogens with zero attached hydrogens (tertiary/aromatic N) is 4. The maximum atomic E-state index is 13.4. The number of imidazole rings is 1. The van der Waals surface area contributed by atoms with Crippen LogP contribution in [0.1, 0.15) is 15.9 Å². The number of hydrogen-bond donors (Lipinski definition) is 3. The highest BCUT2D eigenvalue weighted by atomic mass is 35.5. The van der Waals surface area contributed by atoms with Gasteiger partial charge in [-0.25, -0.2) is 14.2 Å². The van der Waals surface area contributed by atoms with Crippen molar-refractivity contribution in [2.45, 2.75) is 6.54 Å². The first-order valence-corrected chi connectivity index (χ1v) is 10.2. The number of aromatic nitrogens is 3. The molecule has 11 heteroatoms. The van der Waals surface area contributed by atoms with Crippen LogP contribution < -0.4 is 15.8 Å². The number of aliphatic carboxylic acids is 1. The molecule has 4 rings (SSSR count). The number of carboxylic acid groups (broad SMARTS) is 1. The van der Waals surface area contributed by atoms with Crippen LogP contribution in [0.4, 0.5) is 5.69 Å². The topological polar surface area (TPSA) is 129 Å². The molecule has 3 N–H and O–H groups in total. The first kappa shape index (κ1) is 22.2. The number of fused-ring (bicyclic) bond motifs is 3. The van der Waals surface area contributed by atoms with Crippen molar-refractivity contribution in [2.24, 2.45) is 0 Å². The number of benzene rings is 2. The largest absolute Gasteiger partial charge is 0.504 e. The van der Waals surface area contributed by atoms with Gasteiger partial charge in [-0.15, -0.1) is 0 Å². The SMILES string of the molecule is CN(C)c1ccc2nc3c(O)c(C(=O)NCC(=O)O)c(=O)n(Cc4ccc(Cl)cc4)n3c2c1. The molecule has 0 saturated carbocycles. The summed E-state index contributed by atoms with van der Waals surface area (Å²) < 4.78 is 2.74. The van der Waals surface area contributed by atoms with Crippen LogP contribution in [0.25, 0.3) is 16.7 Å². The lowest BCUT2D eigenvalue weighted by Crippen LogP contribution is -2.37. The summed E-state index contributed by atoms with van der Waals surface area (Å²) in [5.41, 5.74) is 1.23. The number of aromatic hydroxyl groups is 1. The summed E-state index contributed by atoms with van der Waals surface area (Å²) in [6.45, 7) is -0.660. The van der Waals surface area contributed by atoms with Gasteiger partial charge in [-0.1, -0.05) is 23.7 Å². The van der Waals surface area contributed by atoms with Gasteiger partial charge in [0.1, 0.15) is 6.54 Å². The number of rotatable bonds is 6. The number of halogens is 1. The van der Waals surface area contributed by atoms with Crippen LogP contribution in [-0.2, 0) is 11.3 Å². The van der Waals surface area contributed by atoms with Crippen molar-refractivity contribution < 1.29 is 19.8 Å². The van der Waals surface area contributed by atoms with Crippen LogP contribution in [0.15, 0.2) is 47.3 Å². The van der Waals surface area contributed by atoms with E-state index < -0.39 is 35.3 Å². The summed E-state index contributed by atoms with van der Waals surface area (Å²) in [4.78, 5) is 43.2. The summed E-state index contributed by atoms with van der Waals surface area (Å²) in [5.74, 6) is -2.92. The monoisotopic (exact) mass is 469 g/mol. The molecule has 0 fully saturated rings. The number of hydrogen-bond acceptors (Lipinski definition) is 6. The Hall–Kier alpha value is -4.05. The van der Waals surface area contributed by atoms with Crippen LogP contribution in [-0.4, -0.2) is 56.9 Å². The number of carbonyl (C=O) groups excluding carboxylic acids is 1. The lowest BCUT2D eigenvalue weighted by molar-refractivity contribution is -0.135. The average molecular weight is 470 g/mol. The van der Waals surface area contributed by atoms with Gasteiger partial charge in [0.05, 0.1) is 17.6 Å². The predicted octanol–water partition coefficient (Wildman–Crippen LogP) is 1.94. The number of carbonyl (C=O) groups is 2. The second-order valence-electron chi connectivity index (χ2n) is 7.60. The molecule has 0 bridgehead atoms. The minimum Gasteiger partial charge on any atom is -0.504 e. The quantitative estimate of drug-likeness (QED) is 0.393. The third kappa shape index (κ3) is 4.08. The fourth-order valence-electron chi connectivity index (χ4n) is 3.51. The highest BCUT2D eigenvalue weighted by molar-refractivity contribution is 6.30. The van der Waals surface area contributed by atoms with Gasteiger partial charge in [-0.2, -0.15) is 0 Å². The Morgan fingerprint density at radius 1 is 1.15 bits per heavy atom. The van der Waals surface area contributed by atoms with E-state index in [-0.39, 0.29) is 12.2 Å². The third-order valence-electron chi connectivity index (χ3n) is 5.14. The molecular weight excluding hydrogens is 450 g/mol. The van der Waals surface area contributed by atoms with Crippen molar-refractivity contribution in [3.8, 4) is 5.75 Å². The number of anilines is 1. The summed E-state index contributed by atoms with van der Waals surface area (Å²) in [5, 5.41) is 22.4. The summed E-state index contributed by atoms with van der Waals surface area (Å²) >= 11 is 5.97. The van der Waals surface area contributed by atoms with Gasteiger partial charge in [0.25, 0.3) is 11.5 Å². The Morgan fingerprint density at radius 3 is 2.48 bits per heavy atom. The van der Waals surface area contributed by atoms with E-state index in [9.17, 15) is 19.5 Å². The Kier molecular flexibility index (Phi) is 5.69. The fourth-order valence-corrected chi connectivity index (χ4v) is 3.64. The minimum atomic E-state index is -1.28. The van der Waals surface area contributed by atoms with Crippen LogP contribution in [0.2, 0.25) is 5.02 Å². The van der Waals surface area contributed by atoms with E-state index in [1.165, 1.54) is 9.20 Å². The average Bonchev–Trinajstić information content (AvgIpc) is 3.15. The van der Waals surface area contributed by atoms with Gasteiger partial charge in [0.15, 0.2) is 17.0 Å². The third-order valence-corrected chi connectivity index (χ3v) is 5.39. The van der Waals surface area contributed by atoms with Crippen molar-refractivity contribution >= 4 is 45.8 Å². The summed E-state index contributed by atoms with van der Waals surface area (Å²) in [6, 6.07) is 12.2. The molecule has 0 spiro atoms. The van der Waals surface area contributed by atoms with Crippen molar-refractivity contribution in [1.29, 1.82) is 0 Å². The molecular formula is C22H20ClN5O5. The molecule has 0 atom stereocenters. The lowest BCUT2D eigenvalue weighted by atomic mass is 10.2. The normalized spacial score (nSPS) is 11.1. The van der Waals surface area contributed by atoms with Gasteiger partial charge in [0.2, 0.25) is 0 Å². The van der Waals surface area contributed by atoms with Crippen LogP contribution in [0, 0.1) is 0 Å². The summed E-state index contributed by atoms with van der Waals surface area (Å²) in [6.07, 6.45) is 0. The standard InChI is InChI=1S/C22H20ClN5O5/c1-26(2)14-7-8-15-16(9-14)28-20(25-15)19(31)18(21(32)24-10-17(29)30)22(33)27(28)11-12-3-5-13(23)6-4-12/h3-9,31H,10-11H2,1-2H3,(H,24,32)(H,29,30). The smallest absolute Gasteiger partial charge is 0.322 e. The maximum Gasteiger partial charge on any atom is 0.322 e. The number of carboxylic acids is 1. The Labute approximate surface area is 192 Å². The van der Waals surface area contributed by atoms with E-state index in [0.717, 1.165) is 11.3 Å². The van der Waals surface area contributed by atoms with Crippen molar-refractivity contribution in [3.05, 3.63) is 69.0 Å². The molecule has 2 aromatic heterocycles. The van der Waals surface area contributed by atoms with E-state index in [1.807, 2.05) is 31.1 Å². The molecule has 0 radical (unpaired) electrons. The molecule has 0 saturated heterocycles. The minimum absolute atomic E-state index is 0.00468. The second-order valence-corrected chi connectivity index (χ2v) is 8.04. The molecule has 10 nitrogen and oxygen atoms in total. The molecule has 0 unspecified atom stereocenters. The first-order valence-electron chi connectivity index (χ1n) is 9.87. The predicted molar refractivity (Wildman–Crippen MR) is 123 cm³/mol. The molecule has 170 valence electrons. The van der Waals surface area contributed by atoms with Gasteiger partial charge in [0, 0.05) is 24.8 Å². The molecule has 2 heterocycles. The zero-order valence-electron chi connectivity index (χ0n) is 17.7. The molecule has 0 aliphatic heterocycles. The van der Waals surface area contributed by atoms with E-state index in [4.69, 9.17) is 16.7 Å². The fraction of sp³-hybridized carbons (Fsp3) is 0.182. The maximum absolute atomic E-state index is 13.4. The van der Waals surface area contributed by atoms with Gasteiger partial charge in [-0.3, -0.25) is 14.4 Å². The lowest BCUT2D eigenvalue weighted by Gasteiger charge is -2.15. The zero-order valence-corrected chi connectivity index (χ0v) is 18.5. The zero-order chi connectivity index (χ0) is 23.9. The highest BCUT2D eigenvalue weighted by Gasteiger charge is 2.25. The van der Waals surface area contributed by atoms with E-state index in [1.54, 1.807) is 30.3 Å². The number of nitrogens with one attached hydrogen (secondary N) is 1. The second kappa shape index (κ2) is 8.47. The molecule has 0 aliphatic rings. The van der Waals surface area contributed by atoms with E-state index in [2.05, 4.69) is 10.3 Å². The summed E-state index contributed by atoms with van der Waals surface area (Å²) in [7, 11) is 3.74. The van der Waals surface area contributed by atoms with Crippen LogP contribution >= 0.6 is 11.6 Å². The van der Waals surface area contributed by atoms with Gasteiger partial charge < -0.3 is 20.4 Å². The van der Waals surface area contributed by atoms with Gasteiger partial charge >= 0.3 is 5.97 Å². The van der Waals surface area contributed by atoms with Crippen molar-refractivity contribution in [3.63, 3.8) is 0 Å². The Balaban J connectivity index is 2.02. The van der Waals surface area contributed by atoms with E-state index in [0.29, 0.717) is 16.1 Å². The number of amides is 1. The first-order chi connectivity index (χ1) is 15.7. The highest BCUT2D eigenvalue weighted by Crippen LogP contribution is 2.28. The van der Waals surface area contributed by atoms with E-state index >= 15 is 0 Å². The molecule has 4 aromatic rings. The molecule has 2 aromatic carbocycles. The molecule has 1 amide bonds. The van der Waals surface area contributed by atoms with Crippen molar-refractivity contribution in [1.82, 2.24) is 19.5 Å². The van der Waals surface area contributed by atoms with Crippen molar-refractivity contribution in [2.75, 3.05) is 25.5 Å². The van der Waals surface area contributed by atoms with Gasteiger partial charge in [-0.05, 0) is 35.9 Å². The molecule has 0 aliphatic carbocycles. The van der Waals surface area contributed by atoms with Crippen LogP contribution in [0.5, 0.6) is 5.75 Å². The van der Waals surface area contributed by atoms with Crippen LogP contribution in [0.3, 0.4) is 0 Å². The molecule has 33 heavy (non-hydrogen) atoms.